The second-order valence-electron chi connectivity index (χ2n) is 10.0. The molecule has 0 aliphatic carbocycles. The summed E-state index contributed by atoms with van der Waals surface area (Å²) in [7, 11) is 0. The van der Waals surface area contributed by atoms with Gasteiger partial charge in [-0.25, -0.2) is 4.39 Å². The average Bonchev–Trinajstić information content (AvgIpc) is 3.37. The van der Waals surface area contributed by atoms with E-state index in [1.165, 1.54) is 13.0 Å². The zero-order chi connectivity index (χ0) is 26.5. The molecule has 3 N–H and O–H groups in total. The molecule has 11 heteroatoms. The third kappa shape index (κ3) is 6.38. The number of hydrogen-bond donors (Lipinski definition) is 2. The molecule has 2 fully saturated rings. The summed E-state index contributed by atoms with van der Waals surface area (Å²) in [6.07, 6.45) is 2.33. The smallest absolute Gasteiger partial charge is 0.240 e. The molecule has 3 amide bonds. The normalized spacial score (nSPS) is 21.8. The van der Waals surface area contributed by atoms with Gasteiger partial charge in [0.2, 0.25) is 17.7 Å². The second kappa shape index (κ2) is 11.9. The molecule has 4 rings (SSSR count). The molecule has 37 heavy (non-hydrogen) atoms. The Bertz CT molecular complexity index is 1030. The van der Waals surface area contributed by atoms with E-state index < -0.39 is 0 Å². The van der Waals surface area contributed by atoms with Gasteiger partial charge in [-0.1, -0.05) is 18.1 Å². The van der Waals surface area contributed by atoms with Gasteiger partial charge >= 0.3 is 0 Å². The summed E-state index contributed by atoms with van der Waals surface area (Å²) in [6, 6.07) is 4.85. The number of likely N-dealkylation sites (tertiary alicyclic amines) is 1. The van der Waals surface area contributed by atoms with Crippen molar-refractivity contribution in [1.82, 2.24) is 15.1 Å². The number of nitrogens with one attached hydrogen (secondary N) is 1. The number of carbonyl (C=O) groups excluding carboxylic acids is 3. The first-order valence-corrected chi connectivity index (χ1v) is 13.1. The molecular weight excluding hydrogens is 479 g/mol. The zero-order valence-corrected chi connectivity index (χ0v) is 21.6. The van der Waals surface area contributed by atoms with Crippen LogP contribution in [-0.2, 0) is 19.2 Å². The van der Waals surface area contributed by atoms with E-state index in [2.05, 4.69) is 15.4 Å². The monoisotopic (exact) mass is 516 g/mol. The summed E-state index contributed by atoms with van der Waals surface area (Å²) in [4.78, 5) is 47.2. The molecule has 1 aromatic carbocycles. The van der Waals surface area contributed by atoms with Gasteiger partial charge in [-0.2, -0.15) is 0 Å². The van der Waals surface area contributed by atoms with E-state index in [-0.39, 0.29) is 41.6 Å². The summed E-state index contributed by atoms with van der Waals surface area (Å²) in [6.45, 7) is 7.35. The largest absolute Gasteiger partial charge is 0.390 e. The number of carbonyl (C=O) groups is 3. The Kier molecular flexibility index (Phi) is 8.63. The van der Waals surface area contributed by atoms with Gasteiger partial charge in [-0.3, -0.25) is 19.3 Å². The molecule has 0 spiro atoms. The molecule has 3 heterocycles. The van der Waals surface area contributed by atoms with Crippen LogP contribution in [0.5, 0.6) is 0 Å². The van der Waals surface area contributed by atoms with Crippen LogP contribution in [0.25, 0.3) is 0 Å². The van der Waals surface area contributed by atoms with Crippen molar-refractivity contribution in [3.05, 3.63) is 29.6 Å². The van der Waals surface area contributed by atoms with Crippen molar-refractivity contribution in [2.75, 3.05) is 50.7 Å². The van der Waals surface area contributed by atoms with E-state index >= 15 is 4.39 Å². The number of amides is 3. The van der Waals surface area contributed by atoms with Crippen LogP contribution < -0.4 is 16.0 Å². The number of benzene rings is 1. The van der Waals surface area contributed by atoms with E-state index in [1.54, 1.807) is 6.07 Å². The predicted octanol–water partition coefficient (Wildman–Crippen LogP) is 1.08. The highest BCUT2D eigenvalue weighted by molar-refractivity contribution is 6.01. The van der Waals surface area contributed by atoms with Crippen LogP contribution in [0.1, 0.15) is 45.1 Å². The van der Waals surface area contributed by atoms with Gasteiger partial charge in [0.05, 0.1) is 24.0 Å². The fourth-order valence-electron chi connectivity index (χ4n) is 5.37. The lowest BCUT2D eigenvalue weighted by atomic mass is 9.94. The summed E-state index contributed by atoms with van der Waals surface area (Å²) >= 11 is 0. The topological polar surface area (TPSA) is 121 Å². The SMILES string of the molecule is CCC(C(=O)N1CCN(c2ccc(C3=NOC(CNC(C)=O)C3)cc2F)CC1)N1CCC(C(N)=O)CC1. The van der Waals surface area contributed by atoms with Gasteiger partial charge in [0.25, 0.3) is 0 Å². The quantitative estimate of drug-likeness (QED) is 0.534. The van der Waals surface area contributed by atoms with E-state index in [1.807, 2.05) is 22.8 Å². The number of nitrogens with two attached hydrogens (primary N) is 1. The number of piperazine rings is 1. The van der Waals surface area contributed by atoms with Crippen LogP contribution in [0.4, 0.5) is 10.1 Å². The van der Waals surface area contributed by atoms with Gasteiger partial charge in [0, 0.05) is 51.0 Å². The van der Waals surface area contributed by atoms with Gasteiger partial charge in [0.15, 0.2) is 0 Å². The molecule has 2 saturated heterocycles. The lowest BCUT2D eigenvalue weighted by Crippen LogP contribution is -2.56. The van der Waals surface area contributed by atoms with Crippen LogP contribution in [0.3, 0.4) is 0 Å². The van der Waals surface area contributed by atoms with Crippen molar-refractivity contribution in [1.29, 1.82) is 0 Å². The van der Waals surface area contributed by atoms with E-state index in [4.69, 9.17) is 10.6 Å². The van der Waals surface area contributed by atoms with Gasteiger partial charge < -0.3 is 25.7 Å². The third-order valence-electron chi connectivity index (χ3n) is 7.57. The number of piperidine rings is 1. The molecule has 1 aromatic rings. The van der Waals surface area contributed by atoms with Crippen molar-refractivity contribution in [3.8, 4) is 0 Å². The van der Waals surface area contributed by atoms with E-state index in [0.29, 0.717) is 88.5 Å². The minimum atomic E-state index is -0.339. The second-order valence-corrected chi connectivity index (χ2v) is 10.0. The maximum absolute atomic E-state index is 15.1. The Hall–Kier alpha value is -3.21. The van der Waals surface area contributed by atoms with Crippen molar-refractivity contribution < 1.29 is 23.6 Å². The molecule has 0 saturated carbocycles. The average molecular weight is 517 g/mol. The van der Waals surface area contributed by atoms with Gasteiger partial charge in [0.1, 0.15) is 11.9 Å². The fourth-order valence-corrected chi connectivity index (χ4v) is 5.37. The highest BCUT2D eigenvalue weighted by Crippen LogP contribution is 2.26. The number of hydrogen-bond acceptors (Lipinski definition) is 7. The van der Waals surface area contributed by atoms with E-state index in [9.17, 15) is 14.4 Å². The zero-order valence-electron chi connectivity index (χ0n) is 21.6. The van der Waals surface area contributed by atoms with Crippen LogP contribution in [0.15, 0.2) is 23.4 Å². The Morgan fingerprint density at radius 3 is 2.46 bits per heavy atom. The predicted molar refractivity (Wildman–Crippen MR) is 137 cm³/mol. The Morgan fingerprint density at radius 2 is 1.86 bits per heavy atom. The lowest BCUT2D eigenvalue weighted by Gasteiger charge is -2.41. The molecule has 2 unspecified atom stereocenters. The highest BCUT2D eigenvalue weighted by atomic mass is 19.1. The molecule has 0 aromatic heterocycles. The third-order valence-corrected chi connectivity index (χ3v) is 7.57. The fraction of sp³-hybridized carbons (Fsp3) is 0.615. The maximum atomic E-state index is 15.1. The van der Waals surface area contributed by atoms with Crippen molar-refractivity contribution in [2.45, 2.75) is 51.7 Å². The minimum Gasteiger partial charge on any atom is -0.390 e. The maximum Gasteiger partial charge on any atom is 0.240 e. The first-order chi connectivity index (χ1) is 17.8. The molecule has 0 radical (unpaired) electrons. The highest BCUT2D eigenvalue weighted by Gasteiger charge is 2.34. The number of oxime groups is 1. The molecule has 3 aliphatic heterocycles. The van der Waals surface area contributed by atoms with Gasteiger partial charge in [-0.05, 0) is 44.5 Å². The Labute approximate surface area is 216 Å². The van der Waals surface area contributed by atoms with Gasteiger partial charge in [-0.15, -0.1) is 0 Å². The number of halogens is 1. The molecule has 2 atom stereocenters. The van der Waals surface area contributed by atoms with Crippen LogP contribution in [0, 0.1) is 11.7 Å². The molecular formula is C26H37FN6O4. The van der Waals surface area contributed by atoms with Crippen LogP contribution in [-0.4, -0.2) is 91.2 Å². The first kappa shape index (κ1) is 26.8. The first-order valence-electron chi connectivity index (χ1n) is 13.1. The molecule has 3 aliphatic rings. The van der Waals surface area contributed by atoms with Crippen molar-refractivity contribution in [3.63, 3.8) is 0 Å². The molecule has 10 nitrogen and oxygen atoms in total. The molecule has 0 bridgehead atoms. The number of nitrogens with zero attached hydrogens (tertiary/aromatic N) is 4. The number of anilines is 1. The van der Waals surface area contributed by atoms with Crippen LogP contribution >= 0.6 is 0 Å². The summed E-state index contributed by atoms with van der Waals surface area (Å²) in [5.74, 6) is -0.736. The number of primary amides is 1. The molecule has 202 valence electrons. The van der Waals surface area contributed by atoms with Crippen molar-refractivity contribution in [2.24, 2.45) is 16.8 Å². The van der Waals surface area contributed by atoms with Crippen molar-refractivity contribution >= 4 is 29.1 Å². The standard InChI is InChI=1S/C26H37FN6O4/c1-3-23(31-8-6-18(7-9-31)25(28)35)26(36)33-12-10-32(11-13-33)24-5-4-19(14-21(24)27)22-15-20(37-30-22)16-29-17(2)34/h4-5,14,18,20,23H,3,6-13,15-16H2,1-2H3,(H2,28,35)(H,29,34). The van der Waals surface area contributed by atoms with E-state index in [0.717, 1.165) is 0 Å². The minimum absolute atomic E-state index is 0.101. The Balaban J connectivity index is 1.30. The number of rotatable bonds is 8. The summed E-state index contributed by atoms with van der Waals surface area (Å²) in [5, 5.41) is 6.77. The summed E-state index contributed by atoms with van der Waals surface area (Å²) < 4.78 is 15.1. The van der Waals surface area contributed by atoms with Crippen LogP contribution in [0.2, 0.25) is 0 Å². The lowest BCUT2D eigenvalue weighted by molar-refractivity contribution is -0.138. The Morgan fingerprint density at radius 1 is 1.16 bits per heavy atom. The summed E-state index contributed by atoms with van der Waals surface area (Å²) in [5.41, 5.74) is 7.27.